The summed E-state index contributed by atoms with van der Waals surface area (Å²) in [7, 11) is 0. The number of hydrogen-bond donors (Lipinski definition) is 0. The van der Waals surface area contributed by atoms with E-state index in [4.69, 9.17) is 4.74 Å². The first kappa shape index (κ1) is 9.46. The number of ether oxygens (including phenoxy) is 1. The summed E-state index contributed by atoms with van der Waals surface area (Å²) in [4.78, 5) is 2.22. The summed E-state index contributed by atoms with van der Waals surface area (Å²) in [5.41, 5.74) is 1.79. The van der Waals surface area contributed by atoms with Gasteiger partial charge in [-0.2, -0.15) is 0 Å². The zero-order valence-electron chi connectivity index (χ0n) is 8.29. The molecule has 1 aromatic rings. The van der Waals surface area contributed by atoms with Crippen molar-refractivity contribution in [2.24, 2.45) is 0 Å². The molecular formula is C11H14FNO. The number of rotatable bonds is 1. The molecule has 0 N–H and O–H groups in total. The van der Waals surface area contributed by atoms with E-state index >= 15 is 0 Å². The van der Waals surface area contributed by atoms with Crippen LogP contribution in [0.5, 0.6) is 0 Å². The van der Waals surface area contributed by atoms with Crippen molar-refractivity contribution in [3.63, 3.8) is 0 Å². The quantitative estimate of drug-likeness (QED) is 0.679. The van der Waals surface area contributed by atoms with Crippen molar-refractivity contribution in [1.29, 1.82) is 0 Å². The van der Waals surface area contributed by atoms with E-state index in [0.717, 1.165) is 32.0 Å². The summed E-state index contributed by atoms with van der Waals surface area (Å²) in [6, 6.07) is 5.24. The smallest absolute Gasteiger partial charge is 0.126 e. The van der Waals surface area contributed by atoms with Crippen molar-refractivity contribution in [2.75, 3.05) is 31.2 Å². The Bertz CT molecular complexity index is 321. The molecule has 3 heteroatoms. The average Bonchev–Trinajstić information content (AvgIpc) is 2.23. The summed E-state index contributed by atoms with van der Waals surface area (Å²) in [6.07, 6.45) is 0. The molecule has 2 nitrogen and oxygen atoms in total. The fraction of sp³-hybridized carbons (Fsp3) is 0.455. The Morgan fingerprint density at radius 3 is 2.64 bits per heavy atom. The van der Waals surface area contributed by atoms with Crippen molar-refractivity contribution in [3.8, 4) is 0 Å². The molecule has 0 aromatic heterocycles. The second-order valence-corrected chi connectivity index (χ2v) is 3.53. The first-order valence-corrected chi connectivity index (χ1v) is 4.86. The van der Waals surface area contributed by atoms with Crippen molar-refractivity contribution < 1.29 is 9.13 Å². The van der Waals surface area contributed by atoms with Crippen LogP contribution in [0.15, 0.2) is 18.2 Å². The van der Waals surface area contributed by atoms with Gasteiger partial charge in [0.1, 0.15) is 5.82 Å². The van der Waals surface area contributed by atoms with Crippen LogP contribution in [0, 0.1) is 12.7 Å². The Kier molecular flexibility index (Phi) is 2.68. The first-order valence-electron chi connectivity index (χ1n) is 4.86. The van der Waals surface area contributed by atoms with Gasteiger partial charge in [0, 0.05) is 18.8 Å². The van der Waals surface area contributed by atoms with Crippen molar-refractivity contribution in [1.82, 2.24) is 0 Å². The lowest BCUT2D eigenvalue weighted by Gasteiger charge is -2.29. The molecule has 0 bridgehead atoms. The molecule has 0 saturated carbocycles. The molecule has 0 spiro atoms. The molecule has 0 aliphatic carbocycles. The number of nitrogens with zero attached hydrogens (tertiary/aromatic N) is 1. The van der Waals surface area contributed by atoms with Gasteiger partial charge in [-0.05, 0) is 30.7 Å². The van der Waals surface area contributed by atoms with Gasteiger partial charge in [0.2, 0.25) is 0 Å². The van der Waals surface area contributed by atoms with Crippen LogP contribution in [0.1, 0.15) is 5.56 Å². The van der Waals surface area contributed by atoms with E-state index in [1.807, 2.05) is 12.1 Å². The Balaban J connectivity index is 2.18. The highest BCUT2D eigenvalue weighted by molar-refractivity contribution is 5.49. The lowest BCUT2D eigenvalue weighted by atomic mass is 10.2. The van der Waals surface area contributed by atoms with Crippen LogP contribution in [0.4, 0.5) is 10.1 Å². The number of benzene rings is 1. The number of morpholine rings is 1. The van der Waals surface area contributed by atoms with E-state index < -0.39 is 0 Å². The Labute approximate surface area is 83.3 Å². The van der Waals surface area contributed by atoms with Gasteiger partial charge >= 0.3 is 0 Å². The molecule has 1 fully saturated rings. The highest BCUT2D eigenvalue weighted by atomic mass is 19.1. The third kappa shape index (κ3) is 1.87. The third-order valence-corrected chi connectivity index (χ3v) is 2.52. The van der Waals surface area contributed by atoms with Gasteiger partial charge in [0.15, 0.2) is 0 Å². The zero-order chi connectivity index (χ0) is 9.97. The van der Waals surface area contributed by atoms with E-state index in [2.05, 4.69) is 4.90 Å². The predicted octanol–water partition coefficient (Wildman–Crippen LogP) is 1.97. The molecule has 1 aromatic carbocycles. The van der Waals surface area contributed by atoms with Gasteiger partial charge in [-0.25, -0.2) is 4.39 Å². The van der Waals surface area contributed by atoms with Crippen molar-refractivity contribution in [2.45, 2.75) is 6.92 Å². The SMILES string of the molecule is Cc1cc(N2CCOCC2)ccc1F. The second-order valence-electron chi connectivity index (χ2n) is 3.53. The van der Waals surface area contributed by atoms with E-state index in [-0.39, 0.29) is 5.82 Å². The van der Waals surface area contributed by atoms with Crippen LogP contribution in [0.2, 0.25) is 0 Å². The Hall–Kier alpha value is -1.09. The normalized spacial score (nSPS) is 17.1. The van der Waals surface area contributed by atoms with Crippen molar-refractivity contribution >= 4 is 5.69 Å². The van der Waals surface area contributed by atoms with Crippen LogP contribution in [-0.2, 0) is 4.74 Å². The minimum absolute atomic E-state index is 0.137. The fourth-order valence-electron chi connectivity index (χ4n) is 1.65. The van der Waals surface area contributed by atoms with Crippen LogP contribution < -0.4 is 4.90 Å². The lowest BCUT2D eigenvalue weighted by molar-refractivity contribution is 0.122. The van der Waals surface area contributed by atoms with E-state index in [1.165, 1.54) is 6.07 Å². The zero-order valence-corrected chi connectivity index (χ0v) is 8.29. The number of anilines is 1. The highest BCUT2D eigenvalue weighted by Crippen LogP contribution is 2.19. The molecule has 1 aliphatic heterocycles. The molecular weight excluding hydrogens is 181 g/mol. The summed E-state index contributed by atoms with van der Waals surface area (Å²) < 4.78 is 18.3. The highest BCUT2D eigenvalue weighted by Gasteiger charge is 2.11. The van der Waals surface area contributed by atoms with Gasteiger partial charge < -0.3 is 9.64 Å². The second kappa shape index (κ2) is 3.96. The molecule has 1 saturated heterocycles. The third-order valence-electron chi connectivity index (χ3n) is 2.52. The maximum Gasteiger partial charge on any atom is 0.126 e. The van der Waals surface area contributed by atoms with Gasteiger partial charge in [-0.15, -0.1) is 0 Å². The Morgan fingerprint density at radius 1 is 1.29 bits per heavy atom. The average molecular weight is 195 g/mol. The van der Waals surface area contributed by atoms with Gasteiger partial charge in [-0.1, -0.05) is 0 Å². The van der Waals surface area contributed by atoms with Gasteiger partial charge in [0.25, 0.3) is 0 Å². The summed E-state index contributed by atoms with van der Waals surface area (Å²) in [5.74, 6) is -0.137. The predicted molar refractivity (Wildman–Crippen MR) is 54.2 cm³/mol. The fourth-order valence-corrected chi connectivity index (χ4v) is 1.65. The van der Waals surface area contributed by atoms with E-state index in [1.54, 1.807) is 6.92 Å². The summed E-state index contributed by atoms with van der Waals surface area (Å²) in [6.45, 7) is 5.10. The Morgan fingerprint density at radius 2 is 2.00 bits per heavy atom. The number of halogens is 1. The molecule has 76 valence electrons. The van der Waals surface area contributed by atoms with Crippen LogP contribution >= 0.6 is 0 Å². The minimum Gasteiger partial charge on any atom is -0.378 e. The standard InChI is InChI=1S/C11H14FNO/c1-9-8-10(2-3-11(9)12)13-4-6-14-7-5-13/h2-3,8H,4-7H2,1H3. The van der Waals surface area contributed by atoms with Crippen LogP contribution in [-0.4, -0.2) is 26.3 Å². The molecule has 1 aliphatic rings. The molecule has 1 heterocycles. The first-order chi connectivity index (χ1) is 6.77. The summed E-state index contributed by atoms with van der Waals surface area (Å²) in [5, 5.41) is 0. The maximum atomic E-state index is 13.0. The topological polar surface area (TPSA) is 12.5 Å². The van der Waals surface area contributed by atoms with E-state index in [9.17, 15) is 4.39 Å². The maximum absolute atomic E-state index is 13.0. The largest absolute Gasteiger partial charge is 0.378 e. The molecule has 2 rings (SSSR count). The molecule has 0 radical (unpaired) electrons. The summed E-state index contributed by atoms with van der Waals surface area (Å²) >= 11 is 0. The van der Waals surface area contributed by atoms with Crippen LogP contribution in [0.3, 0.4) is 0 Å². The molecule has 0 unspecified atom stereocenters. The van der Waals surface area contributed by atoms with Gasteiger partial charge in [0.05, 0.1) is 13.2 Å². The molecule has 0 amide bonds. The lowest BCUT2D eigenvalue weighted by Crippen LogP contribution is -2.36. The molecule has 0 atom stereocenters. The molecule has 14 heavy (non-hydrogen) atoms. The van der Waals surface area contributed by atoms with E-state index in [0.29, 0.717) is 5.56 Å². The number of aryl methyl sites for hydroxylation is 1. The monoisotopic (exact) mass is 195 g/mol. The number of hydrogen-bond acceptors (Lipinski definition) is 2. The minimum atomic E-state index is -0.137. The van der Waals surface area contributed by atoms with Gasteiger partial charge in [-0.3, -0.25) is 0 Å². The van der Waals surface area contributed by atoms with Crippen molar-refractivity contribution in [3.05, 3.63) is 29.6 Å². The van der Waals surface area contributed by atoms with Crippen LogP contribution in [0.25, 0.3) is 0 Å².